The van der Waals surface area contributed by atoms with Crippen molar-refractivity contribution >= 4 is 17.1 Å². The van der Waals surface area contributed by atoms with Crippen LogP contribution in [0.25, 0.3) is 11.1 Å². The maximum absolute atomic E-state index is 12.5. The maximum atomic E-state index is 12.5. The van der Waals surface area contributed by atoms with E-state index in [0.29, 0.717) is 17.2 Å². The van der Waals surface area contributed by atoms with Crippen LogP contribution >= 0.6 is 0 Å². The Morgan fingerprint density at radius 3 is 2.59 bits per heavy atom. The van der Waals surface area contributed by atoms with E-state index in [-0.39, 0.29) is 11.8 Å². The van der Waals surface area contributed by atoms with Crippen molar-refractivity contribution in [2.24, 2.45) is 0 Å². The first-order valence-corrected chi connectivity index (χ1v) is 6.79. The third-order valence-electron chi connectivity index (χ3n) is 3.24. The first-order chi connectivity index (χ1) is 10.6. The number of nitrogens with zero attached hydrogens (tertiary/aromatic N) is 1. The summed E-state index contributed by atoms with van der Waals surface area (Å²) in [5, 5.41) is 3.06. The van der Waals surface area contributed by atoms with Crippen LogP contribution in [0.4, 0.5) is 14.8 Å². The molecule has 0 fully saturated rings. The zero-order valence-electron chi connectivity index (χ0n) is 11.8. The lowest BCUT2D eigenvalue weighted by molar-refractivity contribution is -0.0505. The van der Waals surface area contributed by atoms with E-state index >= 15 is 0 Å². The van der Waals surface area contributed by atoms with Gasteiger partial charge in [-0.15, -0.1) is 0 Å². The van der Waals surface area contributed by atoms with Crippen LogP contribution in [0.5, 0.6) is 5.75 Å². The largest absolute Gasteiger partial charge is 0.434 e. The average Bonchev–Trinajstić information content (AvgIpc) is 2.89. The van der Waals surface area contributed by atoms with E-state index in [0.717, 1.165) is 5.52 Å². The number of oxazole rings is 1. The van der Waals surface area contributed by atoms with E-state index < -0.39 is 6.61 Å². The van der Waals surface area contributed by atoms with E-state index in [1.165, 1.54) is 6.07 Å². The van der Waals surface area contributed by atoms with Crippen molar-refractivity contribution in [3.05, 3.63) is 54.1 Å². The van der Waals surface area contributed by atoms with Gasteiger partial charge < -0.3 is 14.5 Å². The fourth-order valence-corrected chi connectivity index (χ4v) is 2.24. The van der Waals surface area contributed by atoms with Gasteiger partial charge in [0.05, 0.1) is 6.04 Å². The quantitative estimate of drug-likeness (QED) is 0.748. The standard InChI is InChI=1S/C16H14F2N2O2/c1-10(11-6-2-4-8-13(11)21-15(17)18)19-16-20-12-7-3-5-9-14(12)22-16/h2-10,15H,1H3,(H,19,20)/t10-/m1/s1. The Balaban J connectivity index is 1.83. The summed E-state index contributed by atoms with van der Waals surface area (Å²) in [5.74, 6) is 0.133. The molecule has 1 aromatic heterocycles. The maximum Gasteiger partial charge on any atom is 0.387 e. The van der Waals surface area contributed by atoms with E-state index in [9.17, 15) is 8.78 Å². The van der Waals surface area contributed by atoms with Gasteiger partial charge in [0.2, 0.25) is 0 Å². The average molecular weight is 304 g/mol. The van der Waals surface area contributed by atoms with E-state index in [4.69, 9.17) is 4.42 Å². The molecule has 1 heterocycles. The number of ether oxygens (including phenoxy) is 1. The van der Waals surface area contributed by atoms with Crippen molar-refractivity contribution in [3.63, 3.8) is 0 Å². The molecule has 6 heteroatoms. The molecule has 0 radical (unpaired) electrons. The number of alkyl halides is 2. The molecular weight excluding hydrogens is 290 g/mol. The number of hydrogen-bond donors (Lipinski definition) is 1. The van der Waals surface area contributed by atoms with Crippen molar-refractivity contribution in [1.29, 1.82) is 0 Å². The van der Waals surface area contributed by atoms with Gasteiger partial charge in [-0.25, -0.2) is 0 Å². The summed E-state index contributed by atoms with van der Waals surface area (Å²) in [6.45, 7) is -1.04. The predicted molar refractivity (Wildman–Crippen MR) is 79.1 cm³/mol. The Morgan fingerprint density at radius 2 is 1.82 bits per heavy atom. The number of anilines is 1. The summed E-state index contributed by atoms with van der Waals surface area (Å²) in [4.78, 5) is 4.30. The van der Waals surface area contributed by atoms with Crippen LogP contribution in [-0.2, 0) is 0 Å². The smallest absolute Gasteiger partial charge is 0.387 e. The molecule has 0 aliphatic rings. The van der Waals surface area contributed by atoms with Crippen LogP contribution in [-0.4, -0.2) is 11.6 Å². The molecule has 0 aliphatic carbocycles. The van der Waals surface area contributed by atoms with Crippen LogP contribution in [0.15, 0.2) is 52.9 Å². The second kappa shape index (κ2) is 6.01. The third-order valence-corrected chi connectivity index (χ3v) is 3.24. The molecule has 3 rings (SSSR count). The minimum Gasteiger partial charge on any atom is -0.434 e. The highest BCUT2D eigenvalue weighted by Crippen LogP contribution is 2.29. The molecular formula is C16H14F2N2O2. The van der Waals surface area contributed by atoms with Crippen LogP contribution in [0, 0.1) is 0 Å². The van der Waals surface area contributed by atoms with Gasteiger partial charge in [0.15, 0.2) is 5.58 Å². The molecule has 0 amide bonds. The number of fused-ring (bicyclic) bond motifs is 1. The summed E-state index contributed by atoms with van der Waals surface area (Å²) in [5.41, 5.74) is 1.99. The van der Waals surface area contributed by atoms with Crippen LogP contribution in [0.3, 0.4) is 0 Å². The van der Waals surface area contributed by atoms with Crippen molar-refractivity contribution in [2.45, 2.75) is 19.6 Å². The molecule has 0 bridgehead atoms. The molecule has 0 aliphatic heterocycles. The Kier molecular flexibility index (Phi) is 3.91. The number of benzene rings is 2. The molecule has 114 valence electrons. The monoisotopic (exact) mass is 304 g/mol. The molecule has 1 atom stereocenters. The number of para-hydroxylation sites is 3. The molecule has 0 saturated heterocycles. The molecule has 0 saturated carbocycles. The molecule has 22 heavy (non-hydrogen) atoms. The van der Waals surface area contributed by atoms with Gasteiger partial charge in [0.1, 0.15) is 11.3 Å². The Bertz CT molecular complexity index is 740. The lowest BCUT2D eigenvalue weighted by Crippen LogP contribution is -2.11. The van der Waals surface area contributed by atoms with E-state index in [1.807, 2.05) is 31.2 Å². The summed E-state index contributed by atoms with van der Waals surface area (Å²) in [6, 6.07) is 14.0. The third kappa shape index (κ3) is 3.00. The fraction of sp³-hybridized carbons (Fsp3) is 0.188. The lowest BCUT2D eigenvalue weighted by atomic mass is 10.1. The van der Waals surface area contributed by atoms with Crippen LogP contribution in [0.2, 0.25) is 0 Å². The minimum absolute atomic E-state index is 0.133. The molecule has 4 nitrogen and oxygen atoms in total. The van der Waals surface area contributed by atoms with Gasteiger partial charge in [-0.1, -0.05) is 30.3 Å². The Morgan fingerprint density at radius 1 is 1.09 bits per heavy atom. The molecule has 0 unspecified atom stereocenters. The van der Waals surface area contributed by atoms with E-state index in [2.05, 4.69) is 15.0 Å². The van der Waals surface area contributed by atoms with Gasteiger partial charge >= 0.3 is 6.61 Å². The fourth-order valence-electron chi connectivity index (χ4n) is 2.24. The Hall–Kier alpha value is -2.63. The van der Waals surface area contributed by atoms with Gasteiger partial charge in [-0.2, -0.15) is 13.8 Å². The highest BCUT2D eigenvalue weighted by atomic mass is 19.3. The number of hydrogen-bond acceptors (Lipinski definition) is 4. The highest BCUT2D eigenvalue weighted by Gasteiger charge is 2.16. The van der Waals surface area contributed by atoms with Gasteiger partial charge in [-0.3, -0.25) is 0 Å². The summed E-state index contributed by atoms with van der Waals surface area (Å²) < 4.78 is 35.0. The minimum atomic E-state index is -2.86. The summed E-state index contributed by atoms with van der Waals surface area (Å²) in [6.07, 6.45) is 0. The van der Waals surface area contributed by atoms with Crippen molar-refractivity contribution in [1.82, 2.24) is 4.98 Å². The van der Waals surface area contributed by atoms with Crippen molar-refractivity contribution < 1.29 is 17.9 Å². The zero-order chi connectivity index (χ0) is 15.5. The van der Waals surface area contributed by atoms with E-state index in [1.54, 1.807) is 18.2 Å². The normalized spacial score (nSPS) is 12.5. The lowest BCUT2D eigenvalue weighted by Gasteiger charge is -2.16. The molecule has 3 aromatic rings. The number of rotatable bonds is 5. The van der Waals surface area contributed by atoms with Gasteiger partial charge in [-0.05, 0) is 25.1 Å². The SMILES string of the molecule is C[C@@H](Nc1nc2ccccc2o1)c1ccccc1OC(F)F. The predicted octanol–water partition coefficient (Wildman–Crippen LogP) is 4.60. The molecule has 0 spiro atoms. The number of aromatic nitrogens is 1. The molecule has 2 aromatic carbocycles. The molecule has 1 N–H and O–H groups in total. The second-order valence-electron chi connectivity index (χ2n) is 4.77. The highest BCUT2D eigenvalue weighted by molar-refractivity contribution is 5.74. The second-order valence-corrected chi connectivity index (χ2v) is 4.77. The van der Waals surface area contributed by atoms with Crippen LogP contribution in [0.1, 0.15) is 18.5 Å². The van der Waals surface area contributed by atoms with Crippen molar-refractivity contribution in [3.8, 4) is 5.75 Å². The zero-order valence-corrected chi connectivity index (χ0v) is 11.8. The van der Waals surface area contributed by atoms with Crippen molar-refractivity contribution in [2.75, 3.05) is 5.32 Å². The number of halogens is 2. The Labute approximate surface area is 125 Å². The van der Waals surface area contributed by atoms with Gasteiger partial charge in [0, 0.05) is 5.56 Å². The first kappa shape index (κ1) is 14.3. The number of nitrogens with one attached hydrogen (secondary N) is 1. The van der Waals surface area contributed by atoms with Crippen LogP contribution < -0.4 is 10.1 Å². The summed E-state index contributed by atoms with van der Waals surface area (Å²) in [7, 11) is 0. The topological polar surface area (TPSA) is 47.3 Å². The first-order valence-electron chi connectivity index (χ1n) is 6.79. The van der Waals surface area contributed by atoms with Gasteiger partial charge in [0.25, 0.3) is 6.01 Å². The summed E-state index contributed by atoms with van der Waals surface area (Å²) >= 11 is 0.